The Morgan fingerprint density at radius 3 is 2.43 bits per heavy atom. The fourth-order valence-corrected chi connectivity index (χ4v) is 1.16. The van der Waals surface area contributed by atoms with E-state index in [1.807, 2.05) is 0 Å². The van der Waals surface area contributed by atoms with Crippen molar-refractivity contribution in [2.75, 3.05) is 0 Å². The molecule has 0 saturated heterocycles. The van der Waals surface area contributed by atoms with E-state index in [9.17, 15) is 0 Å². The van der Waals surface area contributed by atoms with Gasteiger partial charge in [-0.1, -0.05) is 17.7 Å². The third-order valence-electron chi connectivity index (χ3n) is 0.594. The SMILES string of the molecule is [B]c1ccc(Cl)s1. The van der Waals surface area contributed by atoms with Crippen LogP contribution < -0.4 is 4.78 Å². The van der Waals surface area contributed by atoms with Crippen LogP contribution in [0.3, 0.4) is 0 Å². The average molecular weight is 128 g/mol. The summed E-state index contributed by atoms with van der Waals surface area (Å²) in [7, 11) is 5.31. The fourth-order valence-electron chi connectivity index (χ4n) is 0.328. The Labute approximate surface area is 52.5 Å². The molecule has 0 aliphatic heterocycles. The predicted molar refractivity (Wildman–Crippen MR) is 34.7 cm³/mol. The molecule has 2 radical (unpaired) electrons. The number of thiophene rings is 1. The summed E-state index contributed by atoms with van der Waals surface area (Å²) >= 11 is 6.88. The highest BCUT2D eigenvalue weighted by molar-refractivity contribution is 7.23. The van der Waals surface area contributed by atoms with E-state index in [1.54, 1.807) is 12.1 Å². The molecule has 0 atom stereocenters. The minimum absolute atomic E-state index is 0.748. The van der Waals surface area contributed by atoms with Crippen molar-refractivity contribution in [3.05, 3.63) is 16.5 Å². The fraction of sp³-hybridized carbons (Fsp3) is 0. The van der Waals surface area contributed by atoms with Gasteiger partial charge in [-0.15, -0.1) is 11.3 Å². The minimum Gasteiger partial charge on any atom is -0.140 e. The molecule has 0 aliphatic rings. The second-order valence-corrected chi connectivity index (χ2v) is 2.89. The molecule has 1 heterocycles. The molecule has 0 fully saturated rings. The molecule has 0 unspecified atom stereocenters. The van der Waals surface area contributed by atoms with Crippen LogP contribution >= 0.6 is 22.9 Å². The molecule has 3 heteroatoms. The van der Waals surface area contributed by atoms with Gasteiger partial charge < -0.3 is 0 Å². The van der Waals surface area contributed by atoms with Crippen LogP contribution in [-0.2, 0) is 0 Å². The van der Waals surface area contributed by atoms with Crippen LogP contribution in [-0.4, -0.2) is 7.85 Å². The van der Waals surface area contributed by atoms with Gasteiger partial charge in [0.1, 0.15) is 7.85 Å². The second kappa shape index (κ2) is 1.89. The Hall–Kier alpha value is 0.0549. The quantitative estimate of drug-likeness (QED) is 0.461. The summed E-state index contributed by atoms with van der Waals surface area (Å²) < 4.78 is 1.52. The zero-order valence-corrected chi connectivity index (χ0v) is 5.09. The van der Waals surface area contributed by atoms with E-state index in [-0.39, 0.29) is 0 Å². The monoisotopic (exact) mass is 128 g/mol. The van der Waals surface area contributed by atoms with Crippen LogP contribution in [0.4, 0.5) is 0 Å². The normalized spacial score (nSPS) is 9.29. The van der Waals surface area contributed by atoms with Gasteiger partial charge in [0.25, 0.3) is 0 Å². The molecule has 1 rings (SSSR count). The zero-order chi connectivity index (χ0) is 5.28. The summed E-state index contributed by atoms with van der Waals surface area (Å²) in [6.45, 7) is 0. The molecule has 0 spiro atoms. The van der Waals surface area contributed by atoms with E-state index in [0.29, 0.717) is 0 Å². The van der Waals surface area contributed by atoms with Crippen molar-refractivity contribution < 1.29 is 0 Å². The summed E-state index contributed by atoms with van der Waals surface area (Å²) in [6.07, 6.45) is 0. The van der Waals surface area contributed by atoms with Gasteiger partial charge in [-0.3, -0.25) is 0 Å². The van der Waals surface area contributed by atoms with Crippen molar-refractivity contribution in [3.63, 3.8) is 0 Å². The topological polar surface area (TPSA) is 0 Å². The maximum absolute atomic E-state index is 5.50. The van der Waals surface area contributed by atoms with Gasteiger partial charge in [0.2, 0.25) is 0 Å². The molecular weight excluding hydrogens is 126 g/mol. The minimum atomic E-state index is 0.748. The Balaban J connectivity index is 3.04. The molecule has 0 amide bonds. The lowest BCUT2D eigenvalue weighted by atomic mass is 10.1. The first-order valence-corrected chi connectivity index (χ1v) is 2.99. The lowest BCUT2D eigenvalue weighted by Gasteiger charge is -1.69. The van der Waals surface area contributed by atoms with Crippen molar-refractivity contribution in [2.45, 2.75) is 0 Å². The van der Waals surface area contributed by atoms with Gasteiger partial charge in [-0.25, -0.2) is 0 Å². The Kier molecular flexibility index (Phi) is 1.40. The van der Waals surface area contributed by atoms with Gasteiger partial charge in [0, 0.05) is 0 Å². The van der Waals surface area contributed by atoms with Crippen molar-refractivity contribution >= 4 is 35.6 Å². The lowest BCUT2D eigenvalue weighted by molar-refractivity contribution is 2.06. The second-order valence-electron chi connectivity index (χ2n) is 1.14. The van der Waals surface area contributed by atoms with Crippen molar-refractivity contribution in [1.82, 2.24) is 0 Å². The molecule has 0 saturated carbocycles. The Morgan fingerprint density at radius 1 is 1.57 bits per heavy atom. The molecule has 0 nitrogen and oxygen atoms in total. The maximum atomic E-state index is 5.50. The Morgan fingerprint density at radius 2 is 2.29 bits per heavy atom. The zero-order valence-electron chi connectivity index (χ0n) is 3.52. The molecular formula is C4H2BClS. The van der Waals surface area contributed by atoms with Crippen LogP contribution in [0.2, 0.25) is 4.34 Å². The van der Waals surface area contributed by atoms with Crippen LogP contribution in [0, 0.1) is 0 Å². The van der Waals surface area contributed by atoms with Crippen LogP contribution in [0.25, 0.3) is 0 Å². The highest BCUT2D eigenvalue weighted by Gasteiger charge is 1.86. The Bertz CT molecular complexity index is 144. The summed E-state index contributed by atoms with van der Waals surface area (Å²) in [5.74, 6) is 0. The largest absolute Gasteiger partial charge is 0.140 e. The van der Waals surface area contributed by atoms with E-state index in [0.717, 1.165) is 9.11 Å². The van der Waals surface area contributed by atoms with Gasteiger partial charge in [-0.2, -0.15) is 0 Å². The predicted octanol–water partition coefficient (Wildman–Crippen LogP) is 1.20. The van der Waals surface area contributed by atoms with E-state index in [2.05, 4.69) is 0 Å². The van der Waals surface area contributed by atoms with Crippen molar-refractivity contribution in [2.24, 2.45) is 0 Å². The average Bonchev–Trinajstić information content (AvgIpc) is 1.87. The number of hydrogen-bond donors (Lipinski definition) is 0. The summed E-state index contributed by atoms with van der Waals surface area (Å²) in [6, 6.07) is 3.56. The van der Waals surface area contributed by atoms with E-state index >= 15 is 0 Å². The molecule has 0 bridgehead atoms. The van der Waals surface area contributed by atoms with E-state index in [1.165, 1.54) is 11.3 Å². The summed E-state index contributed by atoms with van der Waals surface area (Å²) in [5, 5.41) is 0. The third-order valence-corrected chi connectivity index (χ3v) is 1.65. The van der Waals surface area contributed by atoms with E-state index in [4.69, 9.17) is 19.4 Å². The molecule has 1 aromatic rings. The number of halogens is 1. The first-order valence-electron chi connectivity index (χ1n) is 1.80. The smallest absolute Gasteiger partial charge is 0.128 e. The first-order chi connectivity index (χ1) is 3.29. The number of rotatable bonds is 0. The molecule has 0 aliphatic carbocycles. The van der Waals surface area contributed by atoms with Crippen molar-refractivity contribution in [1.29, 1.82) is 0 Å². The maximum Gasteiger partial charge on any atom is 0.128 e. The van der Waals surface area contributed by atoms with Crippen LogP contribution in [0.1, 0.15) is 0 Å². The molecule has 1 aromatic heterocycles. The molecule has 0 aromatic carbocycles. The van der Waals surface area contributed by atoms with Gasteiger partial charge in [-0.05, 0) is 10.8 Å². The van der Waals surface area contributed by atoms with Gasteiger partial charge in [0.15, 0.2) is 0 Å². The van der Waals surface area contributed by atoms with Crippen LogP contribution in [0.5, 0.6) is 0 Å². The third kappa shape index (κ3) is 1.21. The standard InChI is InChI=1S/C4H2BClS/c5-3-1-2-4(6)7-3/h1-2H. The summed E-state index contributed by atoms with van der Waals surface area (Å²) in [5.41, 5.74) is 0. The lowest BCUT2D eigenvalue weighted by Crippen LogP contribution is -1.88. The first kappa shape index (κ1) is 5.20. The van der Waals surface area contributed by atoms with Gasteiger partial charge >= 0.3 is 0 Å². The molecule has 34 valence electrons. The highest BCUT2D eigenvalue weighted by atomic mass is 35.5. The molecule has 0 N–H and O–H groups in total. The van der Waals surface area contributed by atoms with Gasteiger partial charge in [0.05, 0.1) is 4.34 Å². The van der Waals surface area contributed by atoms with E-state index < -0.39 is 0 Å². The summed E-state index contributed by atoms with van der Waals surface area (Å²) in [4.78, 5) is 0. The van der Waals surface area contributed by atoms with Crippen LogP contribution in [0.15, 0.2) is 12.1 Å². The number of hydrogen-bond acceptors (Lipinski definition) is 1. The molecule has 7 heavy (non-hydrogen) atoms. The van der Waals surface area contributed by atoms with Crippen molar-refractivity contribution in [3.8, 4) is 0 Å². The highest BCUT2D eigenvalue weighted by Crippen LogP contribution is 2.11.